The van der Waals surface area contributed by atoms with Gasteiger partial charge in [0.25, 0.3) is 0 Å². The lowest BCUT2D eigenvalue weighted by Gasteiger charge is -2.38. The second-order valence-corrected chi connectivity index (χ2v) is 6.26. The van der Waals surface area contributed by atoms with Gasteiger partial charge in [-0.25, -0.2) is 0 Å². The molecular weight excluding hydrogens is 294 g/mol. The minimum Gasteiger partial charge on any atom is -0.389 e. The molecule has 0 bridgehead atoms. The molecule has 0 radical (unpaired) electrons. The predicted molar refractivity (Wildman–Crippen MR) is 76.8 cm³/mol. The lowest BCUT2D eigenvalue weighted by molar-refractivity contribution is 0.0449. The van der Waals surface area contributed by atoms with E-state index in [0.717, 1.165) is 35.1 Å². The number of anilines is 1. The molecule has 2 atom stereocenters. The van der Waals surface area contributed by atoms with E-state index in [1.807, 2.05) is 25.1 Å². The third-order valence-electron chi connectivity index (χ3n) is 3.47. The molecule has 1 aliphatic heterocycles. The molecule has 1 aliphatic rings. The van der Waals surface area contributed by atoms with Crippen molar-refractivity contribution >= 4 is 21.6 Å². The number of aliphatic hydroxyl groups excluding tert-OH is 1. The van der Waals surface area contributed by atoms with Crippen LogP contribution in [0.4, 0.5) is 5.69 Å². The molecule has 1 saturated heterocycles. The summed E-state index contributed by atoms with van der Waals surface area (Å²) in [5.41, 5.74) is 1.38. The Labute approximate surface area is 117 Å². The minimum atomic E-state index is -0.604. The Balaban J connectivity index is 2.21. The van der Waals surface area contributed by atoms with Crippen LogP contribution in [0.15, 0.2) is 22.7 Å². The summed E-state index contributed by atoms with van der Waals surface area (Å²) in [5, 5.41) is 19.7. The molecule has 3 nitrogen and oxygen atoms in total. The highest BCUT2D eigenvalue weighted by Gasteiger charge is 2.28. The van der Waals surface area contributed by atoms with Gasteiger partial charge in [0.1, 0.15) is 0 Å². The van der Waals surface area contributed by atoms with Crippen LogP contribution in [0.25, 0.3) is 0 Å². The summed E-state index contributed by atoms with van der Waals surface area (Å²) >= 11 is 3.49. The molecule has 18 heavy (non-hydrogen) atoms. The number of β-amino-alcohol motifs (C(OH)–C–C–N with tert-alkyl or cyclic N) is 1. The molecule has 0 spiro atoms. The Morgan fingerprint density at radius 2 is 2.17 bits per heavy atom. The van der Waals surface area contributed by atoms with Crippen LogP contribution in [-0.2, 0) is 0 Å². The molecule has 100 valence electrons. The Bertz CT molecular complexity index is 432. The van der Waals surface area contributed by atoms with E-state index in [1.165, 1.54) is 0 Å². The summed E-state index contributed by atoms with van der Waals surface area (Å²) in [4.78, 5) is 2.19. The fourth-order valence-electron chi connectivity index (χ4n) is 2.49. The fourth-order valence-corrected chi connectivity index (χ4v) is 3.19. The molecule has 0 aromatic heterocycles. The highest BCUT2D eigenvalue weighted by Crippen LogP contribution is 2.31. The van der Waals surface area contributed by atoms with Gasteiger partial charge in [-0.05, 0) is 44.4 Å². The number of nitrogens with zero attached hydrogens (tertiary/aromatic N) is 1. The van der Waals surface area contributed by atoms with Crippen LogP contribution in [0.1, 0.15) is 38.4 Å². The van der Waals surface area contributed by atoms with Crippen LogP contribution in [0.3, 0.4) is 0 Å². The van der Waals surface area contributed by atoms with Crippen molar-refractivity contribution in [3.63, 3.8) is 0 Å². The number of benzene rings is 1. The quantitative estimate of drug-likeness (QED) is 0.882. The second-order valence-electron chi connectivity index (χ2n) is 5.40. The Morgan fingerprint density at radius 3 is 2.72 bits per heavy atom. The Hall–Kier alpha value is -0.580. The number of piperidine rings is 1. The highest BCUT2D eigenvalue weighted by atomic mass is 79.9. The SMILES string of the molecule is C[C@@H](O)c1ccc(N2CCCC(C)(O)C2)cc1Br. The monoisotopic (exact) mass is 313 g/mol. The van der Waals surface area contributed by atoms with E-state index < -0.39 is 11.7 Å². The lowest BCUT2D eigenvalue weighted by Crippen LogP contribution is -2.46. The van der Waals surface area contributed by atoms with Gasteiger partial charge in [-0.3, -0.25) is 0 Å². The van der Waals surface area contributed by atoms with Crippen molar-refractivity contribution < 1.29 is 10.2 Å². The van der Waals surface area contributed by atoms with Crippen molar-refractivity contribution in [1.82, 2.24) is 0 Å². The number of aliphatic hydroxyl groups is 2. The van der Waals surface area contributed by atoms with Gasteiger partial charge in [-0.2, -0.15) is 0 Å². The molecule has 1 aromatic carbocycles. The van der Waals surface area contributed by atoms with Crippen molar-refractivity contribution in [2.75, 3.05) is 18.0 Å². The van der Waals surface area contributed by atoms with Gasteiger partial charge < -0.3 is 15.1 Å². The van der Waals surface area contributed by atoms with Crippen molar-refractivity contribution in [1.29, 1.82) is 0 Å². The van der Waals surface area contributed by atoms with Gasteiger partial charge in [0.2, 0.25) is 0 Å². The molecule has 0 amide bonds. The van der Waals surface area contributed by atoms with Gasteiger partial charge in [-0.15, -0.1) is 0 Å². The molecule has 2 N–H and O–H groups in total. The number of rotatable bonds is 2. The molecule has 1 unspecified atom stereocenters. The summed E-state index contributed by atoms with van der Waals surface area (Å²) in [5.74, 6) is 0. The molecule has 4 heteroatoms. The van der Waals surface area contributed by atoms with Crippen LogP contribution in [0.2, 0.25) is 0 Å². The molecule has 1 fully saturated rings. The van der Waals surface area contributed by atoms with Gasteiger partial charge in [0, 0.05) is 23.2 Å². The zero-order chi connectivity index (χ0) is 13.3. The molecule has 0 aliphatic carbocycles. The van der Waals surface area contributed by atoms with Crippen LogP contribution in [-0.4, -0.2) is 28.9 Å². The zero-order valence-corrected chi connectivity index (χ0v) is 12.4. The summed E-state index contributed by atoms with van der Waals surface area (Å²) in [6.45, 7) is 5.27. The van der Waals surface area contributed by atoms with E-state index in [2.05, 4.69) is 20.8 Å². The third-order valence-corrected chi connectivity index (χ3v) is 4.16. The smallest absolute Gasteiger partial charge is 0.0794 e. The van der Waals surface area contributed by atoms with E-state index in [-0.39, 0.29) is 0 Å². The van der Waals surface area contributed by atoms with Crippen LogP contribution >= 0.6 is 15.9 Å². The van der Waals surface area contributed by atoms with E-state index in [4.69, 9.17) is 0 Å². The van der Waals surface area contributed by atoms with E-state index in [9.17, 15) is 10.2 Å². The highest BCUT2D eigenvalue weighted by molar-refractivity contribution is 9.10. The van der Waals surface area contributed by atoms with Gasteiger partial charge in [0.05, 0.1) is 11.7 Å². The standard InChI is InChI=1S/C14H20BrNO2/c1-10(17)12-5-4-11(8-13(12)15)16-7-3-6-14(2,18)9-16/h4-5,8,10,17-18H,3,6-7,9H2,1-2H3/t10-,14?/m1/s1. The van der Waals surface area contributed by atoms with Crippen molar-refractivity contribution in [3.05, 3.63) is 28.2 Å². The van der Waals surface area contributed by atoms with Crippen LogP contribution < -0.4 is 4.90 Å². The summed E-state index contributed by atoms with van der Waals surface area (Å²) in [6.07, 6.45) is 1.39. The number of hydrogen-bond donors (Lipinski definition) is 2. The Kier molecular flexibility index (Phi) is 3.99. The molecule has 1 aromatic rings. The molecule has 0 saturated carbocycles. The summed E-state index contributed by atoms with van der Waals surface area (Å²) < 4.78 is 0.917. The molecule has 1 heterocycles. The maximum absolute atomic E-state index is 10.1. The van der Waals surface area contributed by atoms with Crippen LogP contribution in [0.5, 0.6) is 0 Å². The largest absolute Gasteiger partial charge is 0.389 e. The summed E-state index contributed by atoms with van der Waals surface area (Å²) in [6, 6.07) is 5.96. The first kappa shape index (κ1) is 13.8. The van der Waals surface area contributed by atoms with Gasteiger partial charge in [-0.1, -0.05) is 22.0 Å². The maximum atomic E-state index is 10.1. The maximum Gasteiger partial charge on any atom is 0.0794 e. The first-order valence-electron chi connectivity index (χ1n) is 6.34. The van der Waals surface area contributed by atoms with E-state index in [1.54, 1.807) is 6.92 Å². The minimum absolute atomic E-state index is 0.474. The van der Waals surface area contributed by atoms with Crippen molar-refractivity contribution in [2.45, 2.75) is 38.4 Å². The van der Waals surface area contributed by atoms with Crippen LogP contribution in [0, 0.1) is 0 Å². The number of halogens is 1. The number of hydrogen-bond acceptors (Lipinski definition) is 3. The van der Waals surface area contributed by atoms with E-state index >= 15 is 0 Å². The fraction of sp³-hybridized carbons (Fsp3) is 0.571. The van der Waals surface area contributed by atoms with Gasteiger partial charge >= 0.3 is 0 Å². The summed E-state index contributed by atoms with van der Waals surface area (Å²) in [7, 11) is 0. The first-order valence-corrected chi connectivity index (χ1v) is 7.13. The first-order chi connectivity index (χ1) is 8.39. The Morgan fingerprint density at radius 1 is 1.44 bits per heavy atom. The second kappa shape index (κ2) is 5.19. The molecular formula is C14H20BrNO2. The molecule has 2 rings (SSSR count). The van der Waals surface area contributed by atoms with Gasteiger partial charge in [0.15, 0.2) is 0 Å². The average Bonchev–Trinajstić information content (AvgIpc) is 2.27. The predicted octanol–water partition coefficient (Wildman–Crippen LogP) is 2.85. The van der Waals surface area contributed by atoms with E-state index in [0.29, 0.717) is 6.54 Å². The normalized spacial score (nSPS) is 26.2. The van der Waals surface area contributed by atoms with Crippen molar-refractivity contribution in [3.8, 4) is 0 Å². The zero-order valence-electron chi connectivity index (χ0n) is 10.9. The third kappa shape index (κ3) is 3.05. The van der Waals surface area contributed by atoms with Crippen molar-refractivity contribution in [2.24, 2.45) is 0 Å². The topological polar surface area (TPSA) is 43.7 Å². The average molecular weight is 314 g/mol. The lowest BCUT2D eigenvalue weighted by atomic mass is 9.94.